The Labute approximate surface area is 113 Å². The molecule has 0 spiro atoms. The molecule has 2 rings (SSSR count). The standard InChI is InChI=1S/C15H18N2O2/c1-15(2,3)19-14(18)17-12-6-7-13(10-4-5-10)11(8-12)9-16/h6-8,10H,4-5H2,1-3H3,(H,17,18). The quantitative estimate of drug-likeness (QED) is 0.878. The Balaban J connectivity index is 2.09. The van der Waals surface area contributed by atoms with Crippen LogP contribution in [-0.2, 0) is 4.74 Å². The van der Waals surface area contributed by atoms with Crippen LogP contribution in [0.25, 0.3) is 0 Å². The lowest BCUT2D eigenvalue weighted by molar-refractivity contribution is 0.0636. The van der Waals surface area contributed by atoms with Crippen LogP contribution < -0.4 is 5.32 Å². The monoisotopic (exact) mass is 258 g/mol. The highest BCUT2D eigenvalue weighted by Crippen LogP contribution is 2.42. The smallest absolute Gasteiger partial charge is 0.412 e. The molecule has 0 heterocycles. The molecule has 1 amide bonds. The van der Waals surface area contributed by atoms with E-state index in [1.807, 2.05) is 32.9 Å². The molecule has 1 fully saturated rings. The molecule has 1 aromatic rings. The topological polar surface area (TPSA) is 62.1 Å². The van der Waals surface area contributed by atoms with Crippen LogP contribution in [0.5, 0.6) is 0 Å². The van der Waals surface area contributed by atoms with Crippen molar-refractivity contribution >= 4 is 11.8 Å². The Morgan fingerprint density at radius 1 is 1.42 bits per heavy atom. The van der Waals surface area contributed by atoms with E-state index < -0.39 is 11.7 Å². The van der Waals surface area contributed by atoms with Gasteiger partial charge in [0, 0.05) is 5.69 Å². The lowest BCUT2D eigenvalue weighted by Crippen LogP contribution is -2.27. The van der Waals surface area contributed by atoms with Crippen LogP contribution in [0, 0.1) is 11.3 Å². The zero-order chi connectivity index (χ0) is 14.0. The zero-order valence-electron chi connectivity index (χ0n) is 11.5. The summed E-state index contributed by atoms with van der Waals surface area (Å²) in [5.74, 6) is 0.519. The lowest BCUT2D eigenvalue weighted by atomic mass is 10.0. The van der Waals surface area contributed by atoms with Crippen LogP contribution in [0.1, 0.15) is 50.7 Å². The van der Waals surface area contributed by atoms with Gasteiger partial charge in [-0.15, -0.1) is 0 Å². The Morgan fingerprint density at radius 2 is 2.11 bits per heavy atom. The summed E-state index contributed by atoms with van der Waals surface area (Å²) in [7, 11) is 0. The van der Waals surface area contributed by atoms with E-state index in [0.29, 0.717) is 17.2 Å². The summed E-state index contributed by atoms with van der Waals surface area (Å²) in [6.07, 6.45) is 1.79. The number of carbonyl (C=O) groups excluding carboxylic acids is 1. The molecule has 0 aromatic heterocycles. The maximum absolute atomic E-state index is 11.6. The molecule has 4 heteroatoms. The summed E-state index contributed by atoms with van der Waals surface area (Å²) in [6.45, 7) is 5.43. The minimum atomic E-state index is -0.532. The summed E-state index contributed by atoms with van der Waals surface area (Å²) in [6, 6.07) is 7.63. The Bertz CT molecular complexity index is 534. The summed E-state index contributed by atoms with van der Waals surface area (Å²) in [5.41, 5.74) is 1.78. The number of nitrogens with one attached hydrogen (secondary N) is 1. The van der Waals surface area contributed by atoms with Gasteiger partial charge in [0.1, 0.15) is 5.60 Å². The summed E-state index contributed by atoms with van der Waals surface area (Å²) >= 11 is 0. The highest BCUT2D eigenvalue weighted by Gasteiger charge is 2.26. The molecule has 4 nitrogen and oxygen atoms in total. The summed E-state index contributed by atoms with van der Waals surface area (Å²) in [4.78, 5) is 11.6. The Hall–Kier alpha value is -2.02. The lowest BCUT2D eigenvalue weighted by Gasteiger charge is -2.19. The maximum Gasteiger partial charge on any atom is 0.412 e. The molecule has 0 unspecified atom stereocenters. The third kappa shape index (κ3) is 3.72. The van der Waals surface area contributed by atoms with Crippen molar-refractivity contribution in [3.05, 3.63) is 29.3 Å². The molecule has 100 valence electrons. The van der Waals surface area contributed by atoms with E-state index in [-0.39, 0.29) is 0 Å². The molecule has 0 atom stereocenters. The van der Waals surface area contributed by atoms with Gasteiger partial charge < -0.3 is 4.74 Å². The summed E-state index contributed by atoms with van der Waals surface area (Å²) in [5, 5.41) is 11.8. The minimum absolute atomic E-state index is 0.504. The van der Waals surface area contributed by atoms with E-state index in [2.05, 4.69) is 11.4 Å². The highest BCUT2D eigenvalue weighted by atomic mass is 16.6. The van der Waals surface area contributed by atoms with Crippen molar-refractivity contribution in [2.75, 3.05) is 5.32 Å². The molecule has 0 bridgehead atoms. The average molecular weight is 258 g/mol. The van der Waals surface area contributed by atoms with Crippen molar-refractivity contribution in [2.45, 2.75) is 45.1 Å². The predicted octanol–water partition coefficient (Wildman–Crippen LogP) is 3.78. The van der Waals surface area contributed by atoms with Crippen molar-refractivity contribution in [1.82, 2.24) is 0 Å². The Kier molecular flexibility index (Phi) is 3.48. The van der Waals surface area contributed by atoms with E-state index in [1.165, 1.54) is 0 Å². The fraction of sp³-hybridized carbons (Fsp3) is 0.467. The fourth-order valence-electron chi connectivity index (χ4n) is 1.90. The largest absolute Gasteiger partial charge is 0.444 e. The number of ether oxygens (including phenoxy) is 1. The van der Waals surface area contributed by atoms with E-state index in [4.69, 9.17) is 10.00 Å². The number of nitrogens with zero attached hydrogens (tertiary/aromatic N) is 1. The molecule has 1 N–H and O–H groups in total. The molecule has 0 aliphatic heterocycles. The van der Waals surface area contributed by atoms with Crippen LogP contribution in [0.15, 0.2) is 18.2 Å². The van der Waals surface area contributed by atoms with Gasteiger partial charge in [0.25, 0.3) is 0 Å². The first-order valence-corrected chi connectivity index (χ1v) is 6.43. The third-order valence-electron chi connectivity index (χ3n) is 2.84. The van der Waals surface area contributed by atoms with Crippen LogP contribution in [0.4, 0.5) is 10.5 Å². The minimum Gasteiger partial charge on any atom is -0.444 e. The predicted molar refractivity (Wildman–Crippen MR) is 73.0 cm³/mol. The SMILES string of the molecule is CC(C)(C)OC(=O)Nc1ccc(C2CC2)c(C#N)c1. The van der Waals surface area contributed by atoms with Crippen LogP contribution in [0.2, 0.25) is 0 Å². The van der Waals surface area contributed by atoms with Gasteiger partial charge in [-0.3, -0.25) is 5.32 Å². The van der Waals surface area contributed by atoms with Crippen molar-refractivity contribution in [3.8, 4) is 6.07 Å². The molecule has 1 aromatic carbocycles. The second-order valence-corrected chi connectivity index (χ2v) is 5.81. The molecular weight excluding hydrogens is 240 g/mol. The first-order valence-electron chi connectivity index (χ1n) is 6.43. The highest BCUT2D eigenvalue weighted by molar-refractivity contribution is 5.85. The number of anilines is 1. The Morgan fingerprint density at radius 3 is 2.63 bits per heavy atom. The van der Waals surface area contributed by atoms with Crippen molar-refractivity contribution in [1.29, 1.82) is 5.26 Å². The third-order valence-corrected chi connectivity index (χ3v) is 2.84. The number of hydrogen-bond donors (Lipinski definition) is 1. The molecule has 0 radical (unpaired) electrons. The molecular formula is C15H18N2O2. The van der Waals surface area contributed by atoms with Crippen LogP contribution >= 0.6 is 0 Å². The van der Waals surface area contributed by atoms with Crippen molar-refractivity contribution < 1.29 is 9.53 Å². The average Bonchev–Trinajstić information content (AvgIpc) is 3.10. The molecule has 1 aliphatic rings. The number of hydrogen-bond acceptors (Lipinski definition) is 3. The zero-order valence-corrected chi connectivity index (χ0v) is 11.5. The fourth-order valence-corrected chi connectivity index (χ4v) is 1.90. The van der Waals surface area contributed by atoms with E-state index in [0.717, 1.165) is 18.4 Å². The van der Waals surface area contributed by atoms with Gasteiger partial charge in [0.05, 0.1) is 11.6 Å². The van der Waals surface area contributed by atoms with Crippen molar-refractivity contribution in [3.63, 3.8) is 0 Å². The van der Waals surface area contributed by atoms with E-state index >= 15 is 0 Å². The molecule has 1 saturated carbocycles. The number of benzene rings is 1. The van der Waals surface area contributed by atoms with Gasteiger partial charge in [-0.1, -0.05) is 6.07 Å². The molecule has 1 aliphatic carbocycles. The van der Waals surface area contributed by atoms with Gasteiger partial charge in [0.2, 0.25) is 0 Å². The summed E-state index contributed by atoms with van der Waals surface area (Å²) < 4.78 is 5.17. The van der Waals surface area contributed by atoms with Crippen LogP contribution in [0.3, 0.4) is 0 Å². The number of nitriles is 1. The molecule has 19 heavy (non-hydrogen) atoms. The van der Waals surface area contributed by atoms with Crippen molar-refractivity contribution in [2.24, 2.45) is 0 Å². The first-order chi connectivity index (χ1) is 8.89. The number of carbonyl (C=O) groups is 1. The van der Waals surface area contributed by atoms with Crippen LogP contribution in [-0.4, -0.2) is 11.7 Å². The van der Waals surface area contributed by atoms with Gasteiger partial charge in [0.15, 0.2) is 0 Å². The van der Waals surface area contributed by atoms with E-state index in [9.17, 15) is 4.79 Å². The van der Waals surface area contributed by atoms with Gasteiger partial charge >= 0.3 is 6.09 Å². The normalized spacial score (nSPS) is 14.6. The van der Waals surface area contributed by atoms with Gasteiger partial charge in [-0.25, -0.2) is 4.79 Å². The maximum atomic E-state index is 11.6. The van der Waals surface area contributed by atoms with Gasteiger partial charge in [-0.05, 0) is 57.2 Å². The second-order valence-electron chi connectivity index (χ2n) is 5.81. The van der Waals surface area contributed by atoms with E-state index in [1.54, 1.807) is 6.07 Å². The van der Waals surface area contributed by atoms with Gasteiger partial charge in [-0.2, -0.15) is 5.26 Å². The number of rotatable bonds is 2. The number of amides is 1. The first kappa shape index (κ1) is 13.4. The second kappa shape index (κ2) is 4.93. The molecule has 0 saturated heterocycles.